The summed E-state index contributed by atoms with van der Waals surface area (Å²) in [4.78, 5) is 12.6. The summed E-state index contributed by atoms with van der Waals surface area (Å²) in [5.41, 5.74) is 0. The number of hydrogen-bond donors (Lipinski definition) is 1. The molecule has 2 aromatic rings. The number of nitrogens with zero attached hydrogens (tertiary/aromatic N) is 5. The van der Waals surface area contributed by atoms with E-state index in [1.807, 2.05) is 0 Å². The lowest BCUT2D eigenvalue weighted by molar-refractivity contribution is -0.115. The van der Waals surface area contributed by atoms with Crippen molar-refractivity contribution in [2.75, 3.05) is 5.32 Å². The summed E-state index contributed by atoms with van der Waals surface area (Å²) in [6.07, 6.45) is 2.72. The molecule has 9 heteroatoms. The number of amides is 1. The van der Waals surface area contributed by atoms with Gasteiger partial charge in [-0.2, -0.15) is 0 Å². The van der Waals surface area contributed by atoms with Gasteiger partial charge in [-0.15, -0.1) is 5.10 Å². The van der Waals surface area contributed by atoms with Gasteiger partial charge in [-0.25, -0.2) is 4.68 Å². The number of aromatic nitrogens is 5. The SMILES string of the molecule is CCCCC(Sc1nnnn1CC(C)C)C(=O)Nc1cc(C)on1. The first-order valence-electron chi connectivity index (χ1n) is 8.16. The maximum absolute atomic E-state index is 12.6. The molecule has 24 heavy (non-hydrogen) atoms. The Hall–Kier alpha value is -1.90. The van der Waals surface area contributed by atoms with Crippen LogP contribution in [0.5, 0.6) is 0 Å². The summed E-state index contributed by atoms with van der Waals surface area (Å²) < 4.78 is 6.74. The molecule has 0 aromatic carbocycles. The molecule has 2 aromatic heterocycles. The minimum Gasteiger partial charge on any atom is -0.360 e. The number of carbonyl (C=O) groups excluding carboxylic acids is 1. The van der Waals surface area contributed by atoms with Crippen molar-refractivity contribution in [2.24, 2.45) is 5.92 Å². The van der Waals surface area contributed by atoms with Gasteiger partial charge in [-0.3, -0.25) is 4.79 Å². The summed E-state index contributed by atoms with van der Waals surface area (Å²) in [6, 6.07) is 1.70. The van der Waals surface area contributed by atoms with E-state index in [-0.39, 0.29) is 11.2 Å². The maximum atomic E-state index is 12.6. The zero-order valence-electron chi connectivity index (χ0n) is 14.5. The van der Waals surface area contributed by atoms with Gasteiger partial charge in [-0.1, -0.05) is 50.5 Å². The number of tetrazole rings is 1. The Balaban J connectivity index is 2.07. The van der Waals surface area contributed by atoms with Gasteiger partial charge in [0.25, 0.3) is 0 Å². The van der Waals surface area contributed by atoms with Gasteiger partial charge in [0.05, 0.1) is 5.25 Å². The lowest BCUT2D eigenvalue weighted by atomic mass is 10.2. The van der Waals surface area contributed by atoms with E-state index in [0.717, 1.165) is 25.8 Å². The molecule has 0 fully saturated rings. The molecule has 1 amide bonds. The largest absolute Gasteiger partial charge is 0.360 e. The molecule has 1 N–H and O–H groups in total. The predicted octanol–water partition coefficient (Wildman–Crippen LogP) is 2.92. The lowest BCUT2D eigenvalue weighted by Crippen LogP contribution is -2.26. The van der Waals surface area contributed by atoms with Crippen LogP contribution < -0.4 is 5.32 Å². The van der Waals surface area contributed by atoms with Gasteiger partial charge < -0.3 is 9.84 Å². The molecule has 0 radical (unpaired) electrons. The van der Waals surface area contributed by atoms with E-state index in [1.165, 1.54) is 11.8 Å². The van der Waals surface area contributed by atoms with Gasteiger partial charge in [0.1, 0.15) is 5.76 Å². The molecule has 0 bridgehead atoms. The van der Waals surface area contributed by atoms with Crippen molar-refractivity contribution in [1.82, 2.24) is 25.4 Å². The summed E-state index contributed by atoms with van der Waals surface area (Å²) in [5.74, 6) is 1.40. The topological polar surface area (TPSA) is 98.7 Å². The number of carbonyl (C=O) groups is 1. The number of rotatable bonds is 9. The standard InChI is InChI=1S/C15H24N6O2S/c1-5-6-7-12(14(22)16-13-8-11(4)23-18-13)24-15-17-19-20-21(15)9-10(2)3/h8,10,12H,5-7,9H2,1-4H3,(H,16,18,22). The number of unbranched alkanes of at least 4 members (excludes halogenated alkanes) is 1. The van der Waals surface area contributed by atoms with Crippen molar-refractivity contribution in [3.8, 4) is 0 Å². The van der Waals surface area contributed by atoms with Gasteiger partial charge in [-0.05, 0) is 29.7 Å². The van der Waals surface area contributed by atoms with Crippen molar-refractivity contribution < 1.29 is 9.32 Å². The first kappa shape index (κ1) is 18.4. The highest BCUT2D eigenvalue weighted by molar-refractivity contribution is 8.00. The highest BCUT2D eigenvalue weighted by atomic mass is 32.2. The zero-order valence-corrected chi connectivity index (χ0v) is 15.3. The molecule has 0 aliphatic rings. The molecule has 0 aliphatic heterocycles. The summed E-state index contributed by atoms with van der Waals surface area (Å²) in [6.45, 7) is 8.81. The summed E-state index contributed by atoms with van der Waals surface area (Å²) in [7, 11) is 0. The number of thioether (sulfide) groups is 1. The van der Waals surface area contributed by atoms with Crippen LogP contribution in [0.15, 0.2) is 15.7 Å². The highest BCUT2D eigenvalue weighted by Gasteiger charge is 2.23. The average Bonchev–Trinajstić information content (AvgIpc) is 3.12. The molecular formula is C15H24N6O2S. The zero-order chi connectivity index (χ0) is 17.5. The molecule has 2 heterocycles. The Morgan fingerprint density at radius 3 is 2.88 bits per heavy atom. The smallest absolute Gasteiger partial charge is 0.239 e. The quantitative estimate of drug-likeness (QED) is 0.693. The van der Waals surface area contributed by atoms with Crippen molar-refractivity contribution in [1.29, 1.82) is 0 Å². The fourth-order valence-corrected chi connectivity index (χ4v) is 3.15. The van der Waals surface area contributed by atoms with E-state index in [1.54, 1.807) is 17.7 Å². The molecule has 0 saturated carbocycles. The van der Waals surface area contributed by atoms with Crippen LogP contribution in [-0.2, 0) is 11.3 Å². The fraction of sp³-hybridized carbons (Fsp3) is 0.667. The highest BCUT2D eigenvalue weighted by Crippen LogP contribution is 2.26. The first-order chi connectivity index (χ1) is 11.5. The minimum absolute atomic E-state index is 0.110. The van der Waals surface area contributed by atoms with E-state index in [9.17, 15) is 4.79 Å². The van der Waals surface area contributed by atoms with Crippen LogP contribution in [0.3, 0.4) is 0 Å². The number of aryl methyl sites for hydroxylation is 1. The fourth-order valence-electron chi connectivity index (χ4n) is 2.13. The maximum Gasteiger partial charge on any atom is 0.239 e. The second-order valence-electron chi connectivity index (χ2n) is 6.10. The third-order valence-corrected chi connectivity index (χ3v) is 4.51. The molecule has 8 nitrogen and oxygen atoms in total. The predicted molar refractivity (Wildman–Crippen MR) is 91.7 cm³/mol. The van der Waals surface area contributed by atoms with Crippen LogP contribution >= 0.6 is 11.8 Å². The lowest BCUT2D eigenvalue weighted by Gasteiger charge is -2.15. The van der Waals surface area contributed by atoms with E-state index < -0.39 is 0 Å². The van der Waals surface area contributed by atoms with Crippen LogP contribution in [0.25, 0.3) is 0 Å². The Bertz CT molecular complexity index is 654. The minimum atomic E-state index is -0.279. The molecule has 1 unspecified atom stereocenters. The first-order valence-corrected chi connectivity index (χ1v) is 9.04. The Kier molecular flexibility index (Phi) is 6.77. The summed E-state index contributed by atoms with van der Waals surface area (Å²) in [5, 5.41) is 18.8. The second kappa shape index (κ2) is 8.81. The second-order valence-corrected chi connectivity index (χ2v) is 7.27. The Morgan fingerprint density at radius 1 is 1.46 bits per heavy atom. The van der Waals surface area contributed by atoms with E-state index in [0.29, 0.717) is 22.7 Å². The molecular weight excluding hydrogens is 328 g/mol. The van der Waals surface area contributed by atoms with Crippen LogP contribution in [-0.4, -0.2) is 36.5 Å². The van der Waals surface area contributed by atoms with E-state index in [2.05, 4.69) is 46.8 Å². The van der Waals surface area contributed by atoms with Gasteiger partial charge in [0, 0.05) is 12.6 Å². The number of hydrogen-bond acceptors (Lipinski definition) is 7. The number of nitrogens with one attached hydrogen (secondary N) is 1. The molecule has 0 spiro atoms. The van der Waals surface area contributed by atoms with Crippen molar-refractivity contribution >= 4 is 23.5 Å². The van der Waals surface area contributed by atoms with E-state index in [4.69, 9.17) is 4.52 Å². The average molecular weight is 352 g/mol. The third kappa shape index (κ3) is 5.33. The van der Waals surface area contributed by atoms with Crippen molar-refractivity contribution in [2.45, 2.75) is 63.9 Å². The van der Waals surface area contributed by atoms with Crippen LogP contribution in [0.2, 0.25) is 0 Å². The normalized spacial score (nSPS) is 12.5. The van der Waals surface area contributed by atoms with Crippen LogP contribution in [0, 0.1) is 12.8 Å². The Morgan fingerprint density at radius 2 is 2.25 bits per heavy atom. The van der Waals surface area contributed by atoms with Crippen LogP contribution in [0.1, 0.15) is 45.8 Å². The molecule has 0 aliphatic carbocycles. The van der Waals surface area contributed by atoms with Crippen molar-refractivity contribution in [3.63, 3.8) is 0 Å². The van der Waals surface area contributed by atoms with Gasteiger partial charge in [0.15, 0.2) is 5.82 Å². The molecule has 2 rings (SSSR count). The monoisotopic (exact) mass is 352 g/mol. The summed E-state index contributed by atoms with van der Waals surface area (Å²) >= 11 is 1.39. The molecule has 132 valence electrons. The molecule has 0 saturated heterocycles. The third-order valence-electron chi connectivity index (χ3n) is 3.28. The van der Waals surface area contributed by atoms with Gasteiger partial charge >= 0.3 is 0 Å². The molecule has 1 atom stereocenters. The Labute approximate surface area is 145 Å². The van der Waals surface area contributed by atoms with E-state index >= 15 is 0 Å². The van der Waals surface area contributed by atoms with Crippen LogP contribution in [0.4, 0.5) is 5.82 Å². The number of anilines is 1. The van der Waals surface area contributed by atoms with Crippen molar-refractivity contribution in [3.05, 3.63) is 11.8 Å². The van der Waals surface area contributed by atoms with Gasteiger partial charge in [0.2, 0.25) is 11.1 Å².